The zero-order chi connectivity index (χ0) is 12.8. The second-order valence-electron chi connectivity index (χ2n) is 4.40. The van der Waals surface area contributed by atoms with E-state index < -0.39 is 0 Å². The second kappa shape index (κ2) is 6.94. The first-order valence-electron chi connectivity index (χ1n) is 5.86. The topological polar surface area (TPSA) is 32.3 Å². The average molecular weight is 260 g/mol. The Morgan fingerprint density at radius 3 is 2.71 bits per heavy atom. The van der Waals surface area contributed by atoms with Crippen molar-refractivity contribution >= 4 is 11.6 Å². The molecule has 4 heteroatoms. The van der Waals surface area contributed by atoms with Crippen LogP contribution in [0.25, 0.3) is 0 Å². The largest absolute Gasteiger partial charge is 0.396 e. The molecule has 0 radical (unpaired) electrons. The van der Waals surface area contributed by atoms with Crippen molar-refractivity contribution in [1.82, 2.24) is 5.32 Å². The lowest BCUT2D eigenvalue weighted by atomic mass is 9.95. The molecule has 0 aromatic heterocycles. The molecule has 1 aromatic carbocycles. The van der Waals surface area contributed by atoms with Crippen LogP contribution in [0.5, 0.6) is 0 Å². The highest BCUT2D eigenvalue weighted by molar-refractivity contribution is 6.30. The number of aliphatic hydroxyl groups excluding tert-OH is 1. The highest BCUT2D eigenvalue weighted by Gasteiger charge is 2.19. The van der Waals surface area contributed by atoms with E-state index >= 15 is 0 Å². The summed E-state index contributed by atoms with van der Waals surface area (Å²) in [5.74, 6) is -0.106. The molecule has 0 bridgehead atoms. The number of aliphatic hydroxyl groups is 1. The van der Waals surface area contributed by atoms with Crippen LogP contribution in [0, 0.1) is 11.7 Å². The van der Waals surface area contributed by atoms with E-state index in [2.05, 4.69) is 5.32 Å². The summed E-state index contributed by atoms with van der Waals surface area (Å²) in [6.07, 6.45) is 0.658. The molecule has 0 saturated carbocycles. The van der Waals surface area contributed by atoms with E-state index in [4.69, 9.17) is 16.7 Å². The lowest BCUT2D eigenvalue weighted by molar-refractivity contribution is 0.278. The van der Waals surface area contributed by atoms with E-state index in [-0.39, 0.29) is 29.4 Å². The molecule has 2 nitrogen and oxygen atoms in total. The van der Waals surface area contributed by atoms with Gasteiger partial charge in [-0.3, -0.25) is 0 Å². The van der Waals surface area contributed by atoms with Gasteiger partial charge in [0.15, 0.2) is 0 Å². The maximum absolute atomic E-state index is 13.9. The molecular weight excluding hydrogens is 241 g/mol. The SMILES string of the molecule is CC(C)C(NCCCO)c1cccc(Cl)c1F. The van der Waals surface area contributed by atoms with Gasteiger partial charge in [0, 0.05) is 18.2 Å². The molecule has 0 aliphatic heterocycles. The number of rotatable bonds is 6. The molecular formula is C13H19ClFNO. The summed E-state index contributed by atoms with van der Waals surface area (Å²) in [5, 5.41) is 12.1. The van der Waals surface area contributed by atoms with Crippen LogP contribution < -0.4 is 5.32 Å². The molecule has 1 unspecified atom stereocenters. The Morgan fingerprint density at radius 2 is 2.12 bits per heavy atom. The molecule has 17 heavy (non-hydrogen) atoms. The van der Waals surface area contributed by atoms with Gasteiger partial charge in [-0.25, -0.2) is 4.39 Å². The zero-order valence-corrected chi connectivity index (χ0v) is 11.0. The van der Waals surface area contributed by atoms with Crippen molar-refractivity contribution in [3.8, 4) is 0 Å². The summed E-state index contributed by atoms with van der Waals surface area (Å²) in [7, 11) is 0. The van der Waals surface area contributed by atoms with Crippen LogP contribution in [0.4, 0.5) is 4.39 Å². The molecule has 0 aliphatic rings. The van der Waals surface area contributed by atoms with Gasteiger partial charge in [-0.2, -0.15) is 0 Å². The molecule has 0 spiro atoms. The van der Waals surface area contributed by atoms with Gasteiger partial charge in [-0.15, -0.1) is 0 Å². The first-order valence-corrected chi connectivity index (χ1v) is 6.24. The van der Waals surface area contributed by atoms with Gasteiger partial charge in [0.1, 0.15) is 5.82 Å². The van der Waals surface area contributed by atoms with Gasteiger partial charge < -0.3 is 10.4 Å². The van der Waals surface area contributed by atoms with Crippen LogP contribution in [0.2, 0.25) is 5.02 Å². The highest BCUT2D eigenvalue weighted by atomic mass is 35.5. The summed E-state index contributed by atoms with van der Waals surface area (Å²) in [6, 6.07) is 4.97. The number of nitrogens with one attached hydrogen (secondary N) is 1. The molecule has 96 valence electrons. The molecule has 1 atom stereocenters. The van der Waals surface area contributed by atoms with E-state index in [0.717, 1.165) is 0 Å². The summed E-state index contributed by atoms with van der Waals surface area (Å²) in [4.78, 5) is 0. The van der Waals surface area contributed by atoms with Crippen molar-refractivity contribution in [1.29, 1.82) is 0 Å². The van der Waals surface area contributed by atoms with Crippen molar-refractivity contribution in [3.05, 3.63) is 34.6 Å². The predicted molar refractivity (Wildman–Crippen MR) is 68.7 cm³/mol. The Morgan fingerprint density at radius 1 is 1.41 bits per heavy atom. The minimum absolute atomic E-state index is 0.0831. The predicted octanol–water partition coefficient (Wildman–Crippen LogP) is 3.15. The molecule has 2 N–H and O–H groups in total. The molecule has 0 saturated heterocycles. The van der Waals surface area contributed by atoms with Crippen molar-refractivity contribution in [2.45, 2.75) is 26.3 Å². The Balaban J connectivity index is 2.86. The van der Waals surface area contributed by atoms with Gasteiger partial charge in [-0.1, -0.05) is 37.6 Å². The van der Waals surface area contributed by atoms with E-state index in [0.29, 0.717) is 18.5 Å². The molecule has 0 amide bonds. The Bertz CT molecular complexity index is 357. The zero-order valence-electron chi connectivity index (χ0n) is 10.2. The van der Waals surface area contributed by atoms with Crippen LogP contribution >= 0.6 is 11.6 Å². The quantitative estimate of drug-likeness (QED) is 0.770. The lowest BCUT2D eigenvalue weighted by Crippen LogP contribution is -2.28. The smallest absolute Gasteiger partial charge is 0.146 e. The number of hydrogen-bond acceptors (Lipinski definition) is 2. The van der Waals surface area contributed by atoms with Crippen molar-refractivity contribution in [2.75, 3.05) is 13.2 Å². The van der Waals surface area contributed by atoms with E-state index in [1.165, 1.54) is 0 Å². The normalized spacial score (nSPS) is 13.1. The Hall–Kier alpha value is -0.640. The van der Waals surface area contributed by atoms with Gasteiger partial charge in [-0.05, 0) is 24.9 Å². The summed E-state index contributed by atoms with van der Waals surface area (Å²) in [6.45, 7) is 4.84. The van der Waals surface area contributed by atoms with E-state index in [9.17, 15) is 4.39 Å². The third-order valence-corrected chi connectivity index (χ3v) is 2.97. The Labute approximate surface area is 107 Å². The molecule has 1 rings (SSSR count). The molecule has 0 heterocycles. The van der Waals surface area contributed by atoms with Crippen LogP contribution in [-0.2, 0) is 0 Å². The maximum Gasteiger partial charge on any atom is 0.146 e. The molecule has 0 fully saturated rings. The fraction of sp³-hybridized carbons (Fsp3) is 0.538. The first-order chi connectivity index (χ1) is 8.07. The van der Waals surface area contributed by atoms with Gasteiger partial charge in [0.2, 0.25) is 0 Å². The number of halogens is 2. The minimum atomic E-state index is -0.357. The highest BCUT2D eigenvalue weighted by Crippen LogP contribution is 2.27. The third-order valence-electron chi connectivity index (χ3n) is 2.68. The van der Waals surface area contributed by atoms with Gasteiger partial charge >= 0.3 is 0 Å². The van der Waals surface area contributed by atoms with Crippen molar-refractivity contribution in [2.24, 2.45) is 5.92 Å². The van der Waals surface area contributed by atoms with Gasteiger partial charge in [0.05, 0.1) is 5.02 Å². The van der Waals surface area contributed by atoms with Crippen molar-refractivity contribution in [3.63, 3.8) is 0 Å². The van der Waals surface area contributed by atoms with Crippen LogP contribution in [0.3, 0.4) is 0 Å². The number of hydrogen-bond donors (Lipinski definition) is 2. The van der Waals surface area contributed by atoms with Gasteiger partial charge in [0.25, 0.3) is 0 Å². The Kier molecular flexibility index (Phi) is 5.89. The molecule has 0 aliphatic carbocycles. The van der Waals surface area contributed by atoms with Crippen LogP contribution in [-0.4, -0.2) is 18.3 Å². The maximum atomic E-state index is 13.9. The lowest BCUT2D eigenvalue weighted by Gasteiger charge is -2.23. The summed E-state index contributed by atoms with van der Waals surface area (Å²) >= 11 is 5.78. The monoisotopic (exact) mass is 259 g/mol. The number of benzene rings is 1. The minimum Gasteiger partial charge on any atom is -0.396 e. The summed E-state index contributed by atoms with van der Waals surface area (Å²) in [5.41, 5.74) is 0.588. The first kappa shape index (κ1) is 14.4. The second-order valence-corrected chi connectivity index (χ2v) is 4.80. The standard InChI is InChI=1S/C13H19ClFNO/c1-9(2)13(16-7-4-8-17)10-5-3-6-11(14)12(10)15/h3,5-6,9,13,16-17H,4,7-8H2,1-2H3. The summed E-state index contributed by atoms with van der Waals surface area (Å²) < 4.78 is 13.9. The molecule has 1 aromatic rings. The van der Waals surface area contributed by atoms with Crippen molar-refractivity contribution < 1.29 is 9.50 Å². The van der Waals surface area contributed by atoms with E-state index in [1.807, 2.05) is 13.8 Å². The van der Waals surface area contributed by atoms with Crippen LogP contribution in [0.1, 0.15) is 31.9 Å². The van der Waals surface area contributed by atoms with Crippen LogP contribution in [0.15, 0.2) is 18.2 Å². The third kappa shape index (κ3) is 3.95. The average Bonchev–Trinajstić information content (AvgIpc) is 2.29. The fourth-order valence-electron chi connectivity index (χ4n) is 1.80. The fourth-order valence-corrected chi connectivity index (χ4v) is 1.98. The van der Waals surface area contributed by atoms with E-state index in [1.54, 1.807) is 18.2 Å².